The standard InChI is InChI=1S/C39H67N5O6/c1-26(2)15-10-13-22-39(20-11-7-12-21-39)43-37(49)42-32(28-18-8-6-9-19-28)36(48)44-25-29(50-38(3,4)5)24-31(44)35(47)41-30(33(45)34(40)46)23-27-16-14-17-27/h26-32H,6-25H2,1-5H3,(H2,40,46)(H,41,47)(H2,42,43,49)/t29-,30?,31+,32+/m1/s1. The van der Waals surface area contributed by atoms with Gasteiger partial charge in [0, 0.05) is 18.5 Å². The maximum absolute atomic E-state index is 14.7. The van der Waals surface area contributed by atoms with Gasteiger partial charge in [0.2, 0.25) is 17.6 Å². The maximum Gasteiger partial charge on any atom is 0.315 e. The summed E-state index contributed by atoms with van der Waals surface area (Å²) in [6.45, 7) is 10.5. The average Bonchev–Trinajstić information content (AvgIpc) is 3.45. The van der Waals surface area contributed by atoms with Crippen LogP contribution in [0.3, 0.4) is 0 Å². The lowest BCUT2D eigenvalue weighted by Crippen LogP contribution is -2.61. The summed E-state index contributed by atoms with van der Waals surface area (Å²) in [5, 5.41) is 9.35. The molecule has 0 spiro atoms. The maximum atomic E-state index is 14.7. The van der Waals surface area contributed by atoms with Gasteiger partial charge in [-0.2, -0.15) is 0 Å². The molecule has 3 saturated carbocycles. The molecule has 0 aromatic heterocycles. The van der Waals surface area contributed by atoms with Crippen LogP contribution >= 0.6 is 0 Å². The molecule has 11 nitrogen and oxygen atoms in total. The van der Waals surface area contributed by atoms with Crippen molar-refractivity contribution in [2.24, 2.45) is 23.5 Å². The molecular formula is C39H67N5O6. The van der Waals surface area contributed by atoms with Gasteiger partial charge in [-0.05, 0) is 77.0 Å². The number of unbranched alkanes of at least 4 members (excludes halogenated alkanes) is 1. The van der Waals surface area contributed by atoms with E-state index in [2.05, 4.69) is 29.8 Å². The van der Waals surface area contributed by atoms with Crippen LogP contribution in [-0.4, -0.2) is 76.4 Å². The zero-order valence-corrected chi connectivity index (χ0v) is 31.7. The molecule has 0 radical (unpaired) electrons. The molecule has 0 aromatic rings. The average molecular weight is 702 g/mol. The Morgan fingerprint density at radius 1 is 0.880 bits per heavy atom. The number of nitrogens with zero attached hydrogens (tertiary/aromatic N) is 1. The second-order valence-corrected chi connectivity index (χ2v) is 17.4. The van der Waals surface area contributed by atoms with Gasteiger partial charge in [-0.15, -0.1) is 0 Å². The minimum Gasteiger partial charge on any atom is -0.371 e. The zero-order valence-electron chi connectivity index (χ0n) is 31.7. The number of carbonyl (C=O) groups excluding carboxylic acids is 5. The molecule has 4 atom stereocenters. The molecule has 284 valence electrons. The number of rotatable bonds is 16. The lowest BCUT2D eigenvalue weighted by atomic mass is 9.78. The van der Waals surface area contributed by atoms with E-state index >= 15 is 0 Å². The summed E-state index contributed by atoms with van der Waals surface area (Å²) in [4.78, 5) is 69.0. The third-order valence-corrected chi connectivity index (χ3v) is 11.6. The van der Waals surface area contributed by atoms with E-state index in [1.807, 2.05) is 20.8 Å². The molecule has 4 rings (SSSR count). The SMILES string of the molecule is CC(C)CCCCC1(NC(=O)N[C@H](C(=O)N2C[C@H](OC(C)(C)C)C[C@H]2C(=O)NC(CC2CCC2)C(=O)C(N)=O)C2CCCCC2)CCCCC1. The van der Waals surface area contributed by atoms with Crippen molar-refractivity contribution in [3.05, 3.63) is 0 Å². The highest BCUT2D eigenvalue weighted by molar-refractivity contribution is 6.37. The minimum atomic E-state index is -1.08. The number of likely N-dealkylation sites (tertiary alicyclic amines) is 1. The Labute approximate surface area is 300 Å². The topological polar surface area (TPSA) is 160 Å². The first-order valence-electron chi connectivity index (χ1n) is 19.9. The normalized spacial score (nSPS) is 24.2. The fourth-order valence-corrected chi connectivity index (χ4v) is 8.74. The van der Waals surface area contributed by atoms with Crippen molar-refractivity contribution in [2.45, 2.75) is 192 Å². The Kier molecular flexibility index (Phi) is 14.6. The van der Waals surface area contributed by atoms with E-state index in [-0.39, 0.29) is 42.3 Å². The van der Waals surface area contributed by atoms with E-state index in [4.69, 9.17) is 10.5 Å². The molecule has 4 aliphatic rings. The second kappa shape index (κ2) is 18.2. The summed E-state index contributed by atoms with van der Waals surface area (Å²) in [6.07, 6.45) is 17.3. The van der Waals surface area contributed by atoms with Crippen LogP contribution in [0.25, 0.3) is 0 Å². The number of Topliss-reactive ketones (excluding diaryl/α,β-unsaturated/α-hetero) is 1. The molecule has 3 aliphatic carbocycles. The van der Waals surface area contributed by atoms with Crippen LogP contribution in [0, 0.1) is 17.8 Å². The summed E-state index contributed by atoms with van der Waals surface area (Å²) < 4.78 is 6.31. The van der Waals surface area contributed by atoms with Crippen LogP contribution in [0.15, 0.2) is 0 Å². The molecule has 4 fully saturated rings. The van der Waals surface area contributed by atoms with E-state index in [9.17, 15) is 24.0 Å². The van der Waals surface area contributed by atoms with Crippen LogP contribution in [0.2, 0.25) is 0 Å². The van der Waals surface area contributed by atoms with E-state index in [1.165, 1.54) is 12.8 Å². The van der Waals surface area contributed by atoms with E-state index in [0.717, 1.165) is 96.3 Å². The van der Waals surface area contributed by atoms with Crippen LogP contribution in [0.5, 0.6) is 0 Å². The van der Waals surface area contributed by atoms with Gasteiger partial charge in [0.15, 0.2) is 0 Å². The predicted octanol–water partition coefficient (Wildman–Crippen LogP) is 5.67. The molecule has 1 heterocycles. The third kappa shape index (κ3) is 11.7. The number of amides is 5. The molecule has 5 N–H and O–H groups in total. The Balaban J connectivity index is 1.54. The number of urea groups is 1. The highest BCUT2D eigenvalue weighted by atomic mass is 16.5. The van der Waals surface area contributed by atoms with Gasteiger partial charge in [0.25, 0.3) is 5.91 Å². The van der Waals surface area contributed by atoms with Gasteiger partial charge in [-0.3, -0.25) is 19.2 Å². The van der Waals surface area contributed by atoms with Crippen molar-refractivity contribution < 1.29 is 28.7 Å². The molecule has 1 aliphatic heterocycles. The molecule has 1 saturated heterocycles. The van der Waals surface area contributed by atoms with Gasteiger partial charge in [-0.25, -0.2) is 4.79 Å². The lowest BCUT2D eigenvalue weighted by Gasteiger charge is -2.40. The smallest absolute Gasteiger partial charge is 0.315 e. The molecule has 1 unspecified atom stereocenters. The Morgan fingerprint density at radius 2 is 1.54 bits per heavy atom. The monoisotopic (exact) mass is 702 g/mol. The van der Waals surface area contributed by atoms with Gasteiger partial charge in [0.05, 0.1) is 17.7 Å². The first kappa shape index (κ1) is 40.1. The van der Waals surface area contributed by atoms with Crippen LogP contribution in [0.1, 0.15) is 157 Å². The van der Waals surface area contributed by atoms with E-state index < -0.39 is 47.4 Å². The van der Waals surface area contributed by atoms with Crippen molar-refractivity contribution in [1.82, 2.24) is 20.9 Å². The van der Waals surface area contributed by atoms with Crippen molar-refractivity contribution in [3.8, 4) is 0 Å². The number of nitrogens with two attached hydrogens (primary N) is 1. The van der Waals surface area contributed by atoms with E-state index in [1.54, 1.807) is 4.90 Å². The van der Waals surface area contributed by atoms with Crippen LogP contribution < -0.4 is 21.7 Å². The van der Waals surface area contributed by atoms with Crippen LogP contribution in [0.4, 0.5) is 4.79 Å². The van der Waals surface area contributed by atoms with Crippen molar-refractivity contribution >= 4 is 29.5 Å². The largest absolute Gasteiger partial charge is 0.371 e. The lowest BCUT2D eigenvalue weighted by molar-refractivity contribution is -0.143. The molecular weight excluding hydrogens is 634 g/mol. The molecule has 50 heavy (non-hydrogen) atoms. The minimum absolute atomic E-state index is 0.0514. The fraction of sp³-hybridized carbons (Fsp3) is 0.872. The summed E-state index contributed by atoms with van der Waals surface area (Å²) >= 11 is 0. The zero-order chi connectivity index (χ0) is 36.5. The first-order valence-corrected chi connectivity index (χ1v) is 19.9. The Hall–Kier alpha value is -2.69. The van der Waals surface area contributed by atoms with E-state index in [0.29, 0.717) is 12.3 Å². The van der Waals surface area contributed by atoms with Crippen molar-refractivity contribution in [3.63, 3.8) is 0 Å². The highest BCUT2D eigenvalue weighted by Gasteiger charge is 2.46. The number of ether oxygens (including phenoxy) is 1. The number of ketones is 1. The van der Waals surface area contributed by atoms with Gasteiger partial charge in [-0.1, -0.05) is 90.9 Å². The molecule has 0 bridgehead atoms. The quantitative estimate of drug-likeness (QED) is 0.120. The Morgan fingerprint density at radius 3 is 2.12 bits per heavy atom. The number of hydrogen-bond acceptors (Lipinski definition) is 6. The number of carbonyl (C=O) groups is 5. The first-order chi connectivity index (χ1) is 23.7. The van der Waals surface area contributed by atoms with Crippen LogP contribution in [-0.2, 0) is 23.9 Å². The number of hydrogen-bond donors (Lipinski definition) is 4. The second-order valence-electron chi connectivity index (χ2n) is 17.4. The van der Waals surface area contributed by atoms with Crippen molar-refractivity contribution in [2.75, 3.05) is 6.54 Å². The highest BCUT2D eigenvalue weighted by Crippen LogP contribution is 2.35. The fourth-order valence-electron chi connectivity index (χ4n) is 8.74. The molecule has 11 heteroatoms. The van der Waals surface area contributed by atoms with Gasteiger partial charge < -0.3 is 31.3 Å². The molecule has 0 aromatic carbocycles. The third-order valence-electron chi connectivity index (χ3n) is 11.6. The Bertz CT molecular complexity index is 1170. The summed E-state index contributed by atoms with van der Waals surface area (Å²) in [7, 11) is 0. The van der Waals surface area contributed by atoms with Gasteiger partial charge >= 0.3 is 6.03 Å². The van der Waals surface area contributed by atoms with Gasteiger partial charge in [0.1, 0.15) is 12.1 Å². The number of nitrogens with one attached hydrogen (secondary N) is 3. The predicted molar refractivity (Wildman–Crippen MR) is 194 cm³/mol. The molecule has 5 amide bonds. The number of primary amides is 1. The summed E-state index contributed by atoms with van der Waals surface area (Å²) in [5.74, 6) is -1.84. The summed E-state index contributed by atoms with van der Waals surface area (Å²) in [6, 6.07) is -3.05. The summed E-state index contributed by atoms with van der Waals surface area (Å²) in [5.41, 5.74) is 4.60. The van der Waals surface area contributed by atoms with Crippen molar-refractivity contribution in [1.29, 1.82) is 0 Å².